The predicted molar refractivity (Wildman–Crippen MR) is 87.3 cm³/mol. The Bertz CT molecular complexity index is 501. The van der Waals surface area contributed by atoms with E-state index in [2.05, 4.69) is 19.2 Å². The van der Waals surface area contributed by atoms with Gasteiger partial charge in [0, 0.05) is 24.3 Å². The van der Waals surface area contributed by atoms with Gasteiger partial charge in [-0.3, -0.25) is 9.59 Å². The van der Waals surface area contributed by atoms with Crippen LogP contribution in [0, 0.1) is 5.92 Å². The Kier molecular flexibility index (Phi) is 5.94. The second kappa shape index (κ2) is 7.72. The van der Waals surface area contributed by atoms with E-state index in [1.54, 1.807) is 29.2 Å². The Labute approximate surface area is 135 Å². The van der Waals surface area contributed by atoms with Gasteiger partial charge in [-0.05, 0) is 18.4 Å². The third kappa shape index (κ3) is 3.85. The van der Waals surface area contributed by atoms with Crippen LogP contribution < -0.4 is 5.32 Å². The molecule has 1 saturated heterocycles. The van der Waals surface area contributed by atoms with E-state index in [0.29, 0.717) is 24.6 Å². The lowest BCUT2D eigenvalue weighted by Crippen LogP contribution is -2.48. The van der Waals surface area contributed by atoms with Gasteiger partial charge in [-0.25, -0.2) is 0 Å². The van der Waals surface area contributed by atoms with Crippen molar-refractivity contribution in [1.29, 1.82) is 0 Å². The first-order chi connectivity index (χ1) is 10.5. The first kappa shape index (κ1) is 16.9. The summed E-state index contributed by atoms with van der Waals surface area (Å²) in [5.74, 6) is 1.11. The molecule has 2 unspecified atom stereocenters. The average molecular weight is 324 g/mol. The highest BCUT2D eigenvalue weighted by molar-refractivity contribution is 7.99. The molecule has 0 aromatic carbocycles. The lowest BCUT2D eigenvalue weighted by molar-refractivity contribution is -0.139. The van der Waals surface area contributed by atoms with Gasteiger partial charge >= 0.3 is 0 Å². The average Bonchev–Trinajstić information content (AvgIpc) is 3.14. The summed E-state index contributed by atoms with van der Waals surface area (Å²) < 4.78 is 5.12. The van der Waals surface area contributed by atoms with Crippen LogP contribution in [-0.4, -0.2) is 35.1 Å². The van der Waals surface area contributed by atoms with Crippen LogP contribution in [0.1, 0.15) is 44.6 Å². The summed E-state index contributed by atoms with van der Waals surface area (Å²) in [6.07, 6.45) is 4.58. The van der Waals surface area contributed by atoms with E-state index < -0.39 is 6.04 Å². The van der Waals surface area contributed by atoms with Gasteiger partial charge in [0.1, 0.15) is 11.4 Å². The highest BCUT2D eigenvalue weighted by Gasteiger charge is 2.41. The lowest BCUT2D eigenvalue weighted by Gasteiger charge is -2.28. The maximum atomic E-state index is 12.4. The SMILES string of the molecule is CCC(=O)N1C(C(=O)NCCC(C)C)CSC1c1ccoc1. The van der Waals surface area contributed by atoms with Crippen LogP contribution in [0.5, 0.6) is 0 Å². The summed E-state index contributed by atoms with van der Waals surface area (Å²) in [6, 6.07) is 1.46. The highest BCUT2D eigenvalue weighted by Crippen LogP contribution is 2.41. The number of thioether (sulfide) groups is 1. The monoisotopic (exact) mass is 324 g/mol. The molecule has 0 aliphatic carbocycles. The minimum absolute atomic E-state index is 0.000194. The van der Waals surface area contributed by atoms with Crippen molar-refractivity contribution in [3.8, 4) is 0 Å². The van der Waals surface area contributed by atoms with Gasteiger partial charge in [-0.15, -0.1) is 11.8 Å². The molecule has 2 amide bonds. The van der Waals surface area contributed by atoms with Crippen LogP contribution in [0.4, 0.5) is 0 Å². The molecule has 1 N–H and O–H groups in total. The van der Waals surface area contributed by atoms with Gasteiger partial charge in [0.25, 0.3) is 0 Å². The van der Waals surface area contributed by atoms with E-state index in [-0.39, 0.29) is 17.2 Å². The zero-order valence-corrected chi connectivity index (χ0v) is 14.2. The largest absolute Gasteiger partial charge is 0.472 e. The van der Waals surface area contributed by atoms with Gasteiger partial charge in [0.15, 0.2) is 0 Å². The van der Waals surface area contributed by atoms with Crippen molar-refractivity contribution >= 4 is 23.6 Å². The lowest BCUT2D eigenvalue weighted by atomic mass is 10.1. The maximum absolute atomic E-state index is 12.4. The predicted octanol–water partition coefficient (Wildman–Crippen LogP) is 2.79. The Morgan fingerprint density at radius 3 is 2.86 bits per heavy atom. The fraction of sp³-hybridized carbons (Fsp3) is 0.625. The molecule has 6 heteroatoms. The number of carbonyl (C=O) groups is 2. The summed E-state index contributed by atoms with van der Waals surface area (Å²) in [6.45, 7) is 6.73. The number of furan rings is 1. The third-order valence-electron chi connectivity index (χ3n) is 3.74. The molecule has 1 aliphatic rings. The Morgan fingerprint density at radius 1 is 1.50 bits per heavy atom. The molecule has 1 aromatic rings. The molecule has 1 aromatic heterocycles. The van der Waals surface area contributed by atoms with Crippen molar-refractivity contribution in [2.24, 2.45) is 5.92 Å². The molecule has 0 spiro atoms. The molecule has 2 heterocycles. The smallest absolute Gasteiger partial charge is 0.243 e. The second-order valence-corrected chi connectivity index (χ2v) is 7.00. The minimum atomic E-state index is -0.399. The van der Waals surface area contributed by atoms with Gasteiger partial charge in [0.05, 0.1) is 12.5 Å². The normalized spacial score (nSPS) is 21.4. The molecular formula is C16H24N2O3S. The Balaban J connectivity index is 2.06. The summed E-state index contributed by atoms with van der Waals surface area (Å²) >= 11 is 1.61. The quantitative estimate of drug-likeness (QED) is 0.874. The number of hydrogen-bond donors (Lipinski definition) is 1. The molecule has 2 rings (SSSR count). The van der Waals surface area contributed by atoms with E-state index in [9.17, 15) is 9.59 Å². The molecule has 1 fully saturated rings. The van der Waals surface area contributed by atoms with Crippen LogP contribution in [0.3, 0.4) is 0 Å². The number of nitrogens with one attached hydrogen (secondary N) is 1. The van der Waals surface area contributed by atoms with Gasteiger partial charge in [-0.1, -0.05) is 20.8 Å². The highest BCUT2D eigenvalue weighted by atomic mass is 32.2. The van der Waals surface area contributed by atoms with Crippen molar-refractivity contribution in [1.82, 2.24) is 10.2 Å². The van der Waals surface area contributed by atoms with E-state index in [1.165, 1.54) is 0 Å². The first-order valence-corrected chi connectivity index (χ1v) is 8.82. The van der Waals surface area contributed by atoms with Crippen molar-refractivity contribution in [3.63, 3.8) is 0 Å². The minimum Gasteiger partial charge on any atom is -0.472 e. The second-order valence-electron chi connectivity index (χ2n) is 5.89. The summed E-state index contributed by atoms with van der Waals surface area (Å²) in [5.41, 5.74) is 0.935. The molecule has 122 valence electrons. The zero-order valence-electron chi connectivity index (χ0n) is 13.4. The van der Waals surface area contributed by atoms with E-state index in [1.807, 2.05) is 13.0 Å². The zero-order chi connectivity index (χ0) is 16.1. The number of nitrogens with zero attached hydrogens (tertiary/aromatic N) is 1. The van der Waals surface area contributed by atoms with Crippen molar-refractivity contribution in [2.45, 2.75) is 45.0 Å². The molecule has 22 heavy (non-hydrogen) atoms. The van der Waals surface area contributed by atoms with Crippen molar-refractivity contribution < 1.29 is 14.0 Å². The van der Waals surface area contributed by atoms with Gasteiger partial charge in [-0.2, -0.15) is 0 Å². The van der Waals surface area contributed by atoms with Crippen molar-refractivity contribution in [3.05, 3.63) is 24.2 Å². The molecule has 0 saturated carbocycles. The Hall–Kier alpha value is -1.43. The summed E-state index contributed by atoms with van der Waals surface area (Å²) in [7, 11) is 0. The maximum Gasteiger partial charge on any atom is 0.243 e. The van der Waals surface area contributed by atoms with E-state index >= 15 is 0 Å². The van der Waals surface area contributed by atoms with Crippen LogP contribution in [0.2, 0.25) is 0 Å². The van der Waals surface area contributed by atoms with E-state index in [0.717, 1.165) is 12.0 Å². The van der Waals surface area contributed by atoms with Gasteiger partial charge in [0.2, 0.25) is 11.8 Å². The van der Waals surface area contributed by atoms with Crippen LogP contribution >= 0.6 is 11.8 Å². The van der Waals surface area contributed by atoms with Crippen molar-refractivity contribution in [2.75, 3.05) is 12.3 Å². The summed E-state index contributed by atoms with van der Waals surface area (Å²) in [5, 5.41) is 2.83. The topological polar surface area (TPSA) is 62.6 Å². The number of amides is 2. The number of carbonyl (C=O) groups excluding carboxylic acids is 2. The van der Waals surface area contributed by atoms with E-state index in [4.69, 9.17) is 4.42 Å². The summed E-state index contributed by atoms with van der Waals surface area (Å²) in [4.78, 5) is 26.5. The first-order valence-electron chi connectivity index (χ1n) is 7.77. The van der Waals surface area contributed by atoms with Crippen LogP contribution in [-0.2, 0) is 9.59 Å². The third-order valence-corrected chi connectivity index (χ3v) is 5.07. The fourth-order valence-electron chi connectivity index (χ4n) is 2.47. The van der Waals surface area contributed by atoms with Crippen LogP contribution in [0.25, 0.3) is 0 Å². The van der Waals surface area contributed by atoms with Crippen LogP contribution in [0.15, 0.2) is 23.0 Å². The molecule has 5 nitrogen and oxygen atoms in total. The number of hydrogen-bond acceptors (Lipinski definition) is 4. The number of rotatable bonds is 6. The fourth-order valence-corrected chi connectivity index (χ4v) is 3.90. The molecule has 0 bridgehead atoms. The molecule has 0 radical (unpaired) electrons. The Morgan fingerprint density at radius 2 is 2.27 bits per heavy atom. The standard InChI is InChI=1S/C16H24N2O3S/c1-4-14(19)18-13(15(20)17-7-5-11(2)3)10-22-16(18)12-6-8-21-9-12/h6,8-9,11,13,16H,4-5,7,10H2,1-3H3,(H,17,20). The molecule has 1 aliphatic heterocycles. The molecular weight excluding hydrogens is 300 g/mol. The van der Waals surface area contributed by atoms with Gasteiger partial charge < -0.3 is 14.6 Å². The molecule has 2 atom stereocenters.